The van der Waals surface area contributed by atoms with Crippen molar-refractivity contribution in [1.29, 1.82) is 0 Å². The molecule has 0 N–H and O–H groups in total. The molecule has 0 spiro atoms. The van der Waals surface area contributed by atoms with E-state index in [0.29, 0.717) is 18.8 Å². The van der Waals surface area contributed by atoms with Crippen LogP contribution < -0.4 is 4.74 Å². The standard InChI is InChI=1S/C19H21FN2O4S/c1-26-17-6-2-4-15(12-17)13-19(23)21-8-10-22(11-9-21)27(24,25)18-7-3-5-16(20)14-18/h2-7,12,14H,8-11,13H2,1H3. The van der Waals surface area contributed by atoms with E-state index in [0.717, 1.165) is 11.6 Å². The minimum atomic E-state index is -3.76. The summed E-state index contributed by atoms with van der Waals surface area (Å²) in [5.41, 5.74) is 0.842. The molecule has 0 bridgehead atoms. The van der Waals surface area contributed by atoms with Crippen molar-refractivity contribution >= 4 is 15.9 Å². The first-order valence-corrected chi connectivity index (χ1v) is 10.0. The lowest BCUT2D eigenvalue weighted by atomic mass is 10.1. The van der Waals surface area contributed by atoms with Gasteiger partial charge in [0.05, 0.1) is 18.4 Å². The Kier molecular flexibility index (Phi) is 5.76. The van der Waals surface area contributed by atoms with Crippen molar-refractivity contribution in [3.05, 3.63) is 59.9 Å². The number of benzene rings is 2. The Morgan fingerprint density at radius 2 is 1.78 bits per heavy atom. The molecule has 0 atom stereocenters. The SMILES string of the molecule is COc1cccc(CC(=O)N2CCN(S(=O)(=O)c3cccc(F)c3)CC2)c1. The average Bonchev–Trinajstić information content (AvgIpc) is 2.68. The average molecular weight is 392 g/mol. The van der Waals surface area contributed by atoms with Crippen molar-refractivity contribution in [2.45, 2.75) is 11.3 Å². The third-order valence-electron chi connectivity index (χ3n) is 4.51. The van der Waals surface area contributed by atoms with Gasteiger partial charge in [0, 0.05) is 26.2 Å². The molecule has 6 nitrogen and oxygen atoms in total. The maximum absolute atomic E-state index is 13.3. The Morgan fingerprint density at radius 1 is 1.07 bits per heavy atom. The lowest BCUT2D eigenvalue weighted by molar-refractivity contribution is -0.131. The Hall–Kier alpha value is -2.45. The molecule has 1 heterocycles. The fourth-order valence-corrected chi connectivity index (χ4v) is 4.48. The molecule has 27 heavy (non-hydrogen) atoms. The molecule has 3 rings (SSSR count). The molecule has 144 valence electrons. The maximum atomic E-state index is 13.3. The van der Waals surface area contributed by atoms with E-state index in [4.69, 9.17) is 4.74 Å². The quantitative estimate of drug-likeness (QED) is 0.780. The molecule has 1 aliphatic heterocycles. The number of sulfonamides is 1. The molecular weight excluding hydrogens is 371 g/mol. The summed E-state index contributed by atoms with van der Waals surface area (Å²) in [6.07, 6.45) is 0.230. The predicted molar refractivity (Wildman–Crippen MR) is 98.4 cm³/mol. The molecular formula is C19H21FN2O4S. The van der Waals surface area contributed by atoms with E-state index in [2.05, 4.69) is 0 Å². The van der Waals surface area contributed by atoms with E-state index in [1.54, 1.807) is 12.0 Å². The van der Waals surface area contributed by atoms with Crippen LogP contribution in [0.2, 0.25) is 0 Å². The number of ether oxygens (including phenoxy) is 1. The number of carbonyl (C=O) groups is 1. The zero-order valence-electron chi connectivity index (χ0n) is 15.0. The van der Waals surface area contributed by atoms with Crippen LogP contribution in [0.15, 0.2) is 53.4 Å². The second-order valence-electron chi connectivity index (χ2n) is 6.27. The van der Waals surface area contributed by atoms with Crippen molar-refractivity contribution in [1.82, 2.24) is 9.21 Å². The number of rotatable bonds is 5. The van der Waals surface area contributed by atoms with Crippen LogP contribution in [0.5, 0.6) is 5.75 Å². The summed E-state index contributed by atoms with van der Waals surface area (Å²) < 4.78 is 45.0. The fourth-order valence-electron chi connectivity index (χ4n) is 3.02. The smallest absolute Gasteiger partial charge is 0.243 e. The molecule has 0 saturated carbocycles. The Morgan fingerprint density at radius 3 is 2.44 bits per heavy atom. The molecule has 1 saturated heterocycles. The van der Waals surface area contributed by atoms with Gasteiger partial charge in [0.1, 0.15) is 11.6 Å². The lowest BCUT2D eigenvalue weighted by Gasteiger charge is -2.34. The van der Waals surface area contributed by atoms with E-state index in [1.807, 2.05) is 24.3 Å². The van der Waals surface area contributed by atoms with E-state index < -0.39 is 15.8 Å². The minimum absolute atomic E-state index is 0.0638. The highest BCUT2D eigenvalue weighted by Crippen LogP contribution is 2.19. The topological polar surface area (TPSA) is 66.9 Å². The number of methoxy groups -OCH3 is 1. The third kappa shape index (κ3) is 4.45. The van der Waals surface area contributed by atoms with Gasteiger partial charge >= 0.3 is 0 Å². The number of carbonyl (C=O) groups excluding carboxylic acids is 1. The summed E-state index contributed by atoms with van der Waals surface area (Å²) in [4.78, 5) is 14.1. The molecule has 0 aliphatic carbocycles. The Labute approximate surface area is 158 Å². The van der Waals surface area contributed by atoms with E-state index in [9.17, 15) is 17.6 Å². The van der Waals surface area contributed by atoms with Crippen LogP contribution in [-0.4, -0.2) is 56.8 Å². The summed E-state index contributed by atoms with van der Waals surface area (Å²) in [6, 6.07) is 12.3. The van der Waals surface area contributed by atoms with Crippen molar-refractivity contribution < 1.29 is 22.3 Å². The lowest BCUT2D eigenvalue weighted by Crippen LogP contribution is -2.50. The molecule has 8 heteroatoms. The molecule has 2 aromatic carbocycles. The first kappa shape index (κ1) is 19.3. The van der Waals surface area contributed by atoms with Gasteiger partial charge < -0.3 is 9.64 Å². The van der Waals surface area contributed by atoms with Gasteiger partial charge in [-0.15, -0.1) is 0 Å². The van der Waals surface area contributed by atoms with Crippen LogP contribution >= 0.6 is 0 Å². The van der Waals surface area contributed by atoms with E-state index in [1.165, 1.54) is 22.5 Å². The van der Waals surface area contributed by atoms with Gasteiger partial charge in [0.25, 0.3) is 0 Å². The molecule has 0 aromatic heterocycles. The van der Waals surface area contributed by atoms with E-state index in [-0.39, 0.29) is 30.3 Å². The highest BCUT2D eigenvalue weighted by molar-refractivity contribution is 7.89. The summed E-state index contributed by atoms with van der Waals surface area (Å²) in [6.45, 7) is 0.972. The van der Waals surface area contributed by atoms with E-state index >= 15 is 0 Å². The molecule has 1 aliphatic rings. The zero-order valence-corrected chi connectivity index (χ0v) is 15.8. The Bertz CT molecular complexity index is 925. The van der Waals surface area contributed by atoms with Crippen molar-refractivity contribution in [2.24, 2.45) is 0 Å². The highest BCUT2D eigenvalue weighted by atomic mass is 32.2. The van der Waals surface area contributed by atoms with Crippen molar-refractivity contribution in [2.75, 3.05) is 33.3 Å². The molecule has 1 fully saturated rings. The van der Waals surface area contributed by atoms with Crippen LogP contribution in [0.3, 0.4) is 0 Å². The first-order valence-electron chi connectivity index (χ1n) is 8.56. The van der Waals surface area contributed by atoms with Crippen LogP contribution in [0.4, 0.5) is 4.39 Å². The first-order chi connectivity index (χ1) is 12.9. The Balaban J connectivity index is 1.62. The van der Waals surface area contributed by atoms with Gasteiger partial charge in [0.15, 0.2) is 0 Å². The number of hydrogen-bond acceptors (Lipinski definition) is 4. The highest BCUT2D eigenvalue weighted by Gasteiger charge is 2.30. The van der Waals surface area contributed by atoms with Crippen LogP contribution in [-0.2, 0) is 21.2 Å². The second-order valence-corrected chi connectivity index (χ2v) is 8.21. The molecule has 0 unspecified atom stereocenters. The normalized spacial score (nSPS) is 15.6. The summed E-state index contributed by atoms with van der Waals surface area (Å²) in [5, 5.41) is 0. The number of amides is 1. The van der Waals surface area contributed by atoms with Gasteiger partial charge in [-0.1, -0.05) is 18.2 Å². The molecule has 1 amide bonds. The predicted octanol–water partition coefficient (Wildman–Crippen LogP) is 1.91. The van der Waals surface area contributed by atoms with Gasteiger partial charge in [-0.25, -0.2) is 12.8 Å². The van der Waals surface area contributed by atoms with Gasteiger partial charge in [-0.05, 0) is 35.9 Å². The number of halogens is 1. The number of piperazine rings is 1. The fraction of sp³-hybridized carbons (Fsp3) is 0.316. The number of hydrogen-bond donors (Lipinski definition) is 0. The molecule has 0 radical (unpaired) electrons. The third-order valence-corrected chi connectivity index (χ3v) is 6.41. The van der Waals surface area contributed by atoms with Crippen molar-refractivity contribution in [3.63, 3.8) is 0 Å². The largest absolute Gasteiger partial charge is 0.497 e. The minimum Gasteiger partial charge on any atom is -0.497 e. The summed E-state index contributed by atoms with van der Waals surface area (Å²) in [7, 11) is -2.19. The van der Waals surface area contributed by atoms with Crippen molar-refractivity contribution in [3.8, 4) is 5.75 Å². The maximum Gasteiger partial charge on any atom is 0.243 e. The van der Waals surface area contributed by atoms with Gasteiger partial charge in [-0.3, -0.25) is 4.79 Å². The second kappa shape index (κ2) is 8.06. The summed E-state index contributed by atoms with van der Waals surface area (Å²) in [5.74, 6) is 0.0283. The monoisotopic (exact) mass is 392 g/mol. The molecule has 2 aromatic rings. The number of nitrogens with zero attached hydrogens (tertiary/aromatic N) is 2. The van der Waals surface area contributed by atoms with Crippen LogP contribution in [0.1, 0.15) is 5.56 Å². The van der Waals surface area contributed by atoms with Crippen LogP contribution in [0.25, 0.3) is 0 Å². The zero-order chi connectivity index (χ0) is 19.4. The van der Waals surface area contributed by atoms with Gasteiger partial charge in [-0.2, -0.15) is 4.31 Å². The van der Waals surface area contributed by atoms with Crippen LogP contribution in [0, 0.1) is 5.82 Å². The summed E-state index contributed by atoms with van der Waals surface area (Å²) >= 11 is 0. The van der Waals surface area contributed by atoms with Gasteiger partial charge in [0.2, 0.25) is 15.9 Å².